The number of rotatable bonds is 3. The third-order valence-corrected chi connectivity index (χ3v) is 3.13. The molecule has 0 aromatic heterocycles. The van der Waals surface area contributed by atoms with Gasteiger partial charge >= 0.3 is 6.18 Å². The number of benzene rings is 1. The van der Waals surface area contributed by atoms with Crippen LogP contribution in [0.5, 0.6) is 5.75 Å². The van der Waals surface area contributed by atoms with Gasteiger partial charge in [-0.2, -0.15) is 13.2 Å². The lowest BCUT2D eigenvalue weighted by Gasteiger charge is -2.22. The quantitative estimate of drug-likeness (QED) is 0.903. The van der Waals surface area contributed by atoms with Crippen LogP contribution in [0, 0.1) is 0 Å². The van der Waals surface area contributed by atoms with Crippen molar-refractivity contribution < 1.29 is 17.9 Å². The maximum atomic E-state index is 12.0. The lowest BCUT2D eigenvalue weighted by molar-refractivity contribution is -0.139. The molecule has 0 saturated heterocycles. The van der Waals surface area contributed by atoms with Crippen molar-refractivity contribution in [2.45, 2.75) is 37.9 Å². The molecule has 1 aromatic carbocycles. The first-order chi connectivity index (χ1) is 8.46. The number of aryl methyl sites for hydroxylation is 1. The van der Waals surface area contributed by atoms with E-state index >= 15 is 0 Å². The van der Waals surface area contributed by atoms with Crippen LogP contribution in [0.25, 0.3) is 0 Å². The smallest absolute Gasteiger partial charge is 0.392 e. The van der Waals surface area contributed by atoms with Gasteiger partial charge in [0.1, 0.15) is 5.75 Å². The SMILES string of the molecule is N[C@@H]1CCCc2ccc(OCCC(F)(F)F)cc21. The number of halogens is 3. The van der Waals surface area contributed by atoms with Crippen molar-refractivity contribution in [1.29, 1.82) is 0 Å². The predicted molar refractivity (Wildman–Crippen MR) is 62.5 cm³/mol. The van der Waals surface area contributed by atoms with E-state index in [9.17, 15) is 13.2 Å². The molecule has 2 N–H and O–H groups in total. The molecule has 0 unspecified atom stereocenters. The van der Waals surface area contributed by atoms with Crippen molar-refractivity contribution in [2.24, 2.45) is 5.73 Å². The van der Waals surface area contributed by atoms with Gasteiger partial charge in [-0.3, -0.25) is 0 Å². The second-order valence-electron chi connectivity index (χ2n) is 4.57. The van der Waals surface area contributed by atoms with Crippen molar-refractivity contribution in [3.8, 4) is 5.75 Å². The molecule has 18 heavy (non-hydrogen) atoms. The Morgan fingerprint density at radius 2 is 2.11 bits per heavy atom. The van der Waals surface area contributed by atoms with Crippen LogP contribution in [0.15, 0.2) is 18.2 Å². The normalized spacial score (nSPS) is 19.4. The fourth-order valence-electron chi connectivity index (χ4n) is 2.19. The Morgan fingerprint density at radius 3 is 2.83 bits per heavy atom. The van der Waals surface area contributed by atoms with Gasteiger partial charge in [0.2, 0.25) is 0 Å². The van der Waals surface area contributed by atoms with Gasteiger partial charge in [-0.25, -0.2) is 0 Å². The average molecular weight is 259 g/mol. The monoisotopic (exact) mass is 259 g/mol. The van der Waals surface area contributed by atoms with Crippen LogP contribution >= 0.6 is 0 Å². The first kappa shape index (κ1) is 13.2. The summed E-state index contributed by atoms with van der Waals surface area (Å²) in [5.74, 6) is 0.468. The Balaban J connectivity index is 2.00. The fourth-order valence-corrected chi connectivity index (χ4v) is 2.19. The third-order valence-electron chi connectivity index (χ3n) is 3.13. The minimum Gasteiger partial charge on any atom is -0.493 e. The number of ether oxygens (including phenoxy) is 1. The van der Waals surface area contributed by atoms with Gasteiger partial charge in [-0.15, -0.1) is 0 Å². The first-order valence-corrected chi connectivity index (χ1v) is 6.04. The Labute approximate surface area is 104 Å². The highest BCUT2D eigenvalue weighted by Gasteiger charge is 2.27. The largest absolute Gasteiger partial charge is 0.493 e. The van der Waals surface area contributed by atoms with E-state index in [1.807, 2.05) is 6.07 Å². The molecule has 0 spiro atoms. The lowest BCUT2D eigenvalue weighted by Crippen LogP contribution is -2.18. The van der Waals surface area contributed by atoms with Gasteiger partial charge < -0.3 is 10.5 Å². The van der Waals surface area contributed by atoms with Gasteiger partial charge in [0.25, 0.3) is 0 Å². The second-order valence-corrected chi connectivity index (χ2v) is 4.57. The van der Waals surface area contributed by atoms with Crippen LogP contribution in [0.1, 0.15) is 36.4 Å². The van der Waals surface area contributed by atoms with Crippen molar-refractivity contribution in [3.63, 3.8) is 0 Å². The molecule has 100 valence electrons. The molecule has 0 saturated carbocycles. The summed E-state index contributed by atoms with van der Waals surface area (Å²) >= 11 is 0. The van der Waals surface area contributed by atoms with E-state index < -0.39 is 12.6 Å². The molecule has 1 atom stereocenters. The summed E-state index contributed by atoms with van der Waals surface area (Å²) < 4.78 is 41.1. The van der Waals surface area contributed by atoms with Crippen LogP contribution in [-0.2, 0) is 6.42 Å². The molecule has 0 radical (unpaired) electrons. The van der Waals surface area contributed by atoms with Crippen LogP contribution in [0.3, 0.4) is 0 Å². The number of alkyl halides is 3. The van der Waals surface area contributed by atoms with Crippen LogP contribution in [-0.4, -0.2) is 12.8 Å². The summed E-state index contributed by atoms with van der Waals surface area (Å²) in [6, 6.07) is 5.36. The standard InChI is InChI=1S/C13H16F3NO/c14-13(15,16)6-7-18-10-5-4-9-2-1-3-12(17)11(9)8-10/h4-5,8,12H,1-3,6-7,17H2/t12-/m1/s1. The van der Waals surface area contributed by atoms with Crippen molar-refractivity contribution in [2.75, 3.05) is 6.61 Å². The van der Waals surface area contributed by atoms with E-state index in [0.717, 1.165) is 24.8 Å². The van der Waals surface area contributed by atoms with Crippen LogP contribution in [0.2, 0.25) is 0 Å². The molecule has 1 aliphatic rings. The zero-order valence-electron chi connectivity index (χ0n) is 9.96. The highest BCUT2D eigenvalue weighted by molar-refractivity contribution is 5.39. The Morgan fingerprint density at radius 1 is 1.33 bits per heavy atom. The Kier molecular flexibility index (Phi) is 3.80. The molecule has 2 nitrogen and oxygen atoms in total. The van der Waals surface area contributed by atoms with Crippen molar-refractivity contribution in [3.05, 3.63) is 29.3 Å². The minimum absolute atomic E-state index is 0.0279. The summed E-state index contributed by atoms with van der Waals surface area (Å²) in [5, 5.41) is 0. The van der Waals surface area contributed by atoms with Gasteiger partial charge in [0.15, 0.2) is 0 Å². The number of fused-ring (bicyclic) bond motifs is 1. The predicted octanol–water partition coefficient (Wildman–Crippen LogP) is 3.35. The van der Waals surface area contributed by atoms with Gasteiger partial charge in [-0.05, 0) is 42.5 Å². The molecular weight excluding hydrogens is 243 g/mol. The summed E-state index contributed by atoms with van der Waals surface area (Å²) in [4.78, 5) is 0. The maximum absolute atomic E-state index is 12.0. The zero-order chi connectivity index (χ0) is 13.2. The van der Waals surface area contributed by atoms with E-state index in [0.29, 0.717) is 5.75 Å². The summed E-state index contributed by atoms with van der Waals surface area (Å²) in [5.41, 5.74) is 8.16. The summed E-state index contributed by atoms with van der Waals surface area (Å²) in [7, 11) is 0. The molecule has 0 amide bonds. The van der Waals surface area contributed by atoms with Crippen molar-refractivity contribution >= 4 is 0 Å². The molecule has 0 aliphatic heterocycles. The summed E-state index contributed by atoms with van der Waals surface area (Å²) in [6.07, 6.45) is -2.16. The average Bonchev–Trinajstić information content (AvgIpc) is 2.28. The molecule has 1 aliphatic carbocycles. The van der Waals surface area contributed by atoms with E-state index in [2.05, 4.69) is 0 Å². The van der Waals surface area contributed by atoms with Gasteiger partial charge in [-0.1, -0.05) is 6.07 Å². The Hall–Kier alpha value is -1.23. The molecular formula is C13H16F3NO. The van der Waals surface area contributed by atoms with E-state index in [1.165, 1.54) is 5.56 Å². The van der Waals surface area contributed by atoms with E-state index in [1.54, 1.807) is 12.1 Å². The summed E-state index contributed by atoms with van der Waals surface area (Å²) in [6.45, 7) is -0.350. The van der Waals surface area contributed by atoms with Crippen LogP contribution in [0.4, 0.5) is 13.2 Å². The van der Waals surface area contributed by atoms with E-state index in [-0.39, 0.29) is 12.6 Å². The molecule has 0 bridgehead atoms. The molecule has 5 heteroatoms. The van der Waals surface area contributed by atoms with Crippen molar-refractivity contribution in [1.82, 2.24) is 0 Å². The highest BCUT2D eigenvalue weighted by atomic mass is 19.4. The zero-order valence-corrected chi connectivity index (χ0v) is 9.96. The van der Waals surface area contributed by atoms with Gasteiger partial charge in [0, 0.05) is 6.04 Å². The maximum Gasteiger partial charge on any atom is 0.392 e. The van der Waals surface area contributed by atoms with Gasteiger partial charge in [0.05, 0.1) is 13.0 Å². The topological polar surface area (TPSA) is 35.2 Å². The minimum atomic E-state index is -4.18. The highest BCUT2D eigenvalue weighted by Crippen LogP contribution is 2.31. The van der Waals surface area contributed by atoms with Crippen LogP contribution < -0.4 is 10.5 Å². The fraction of sp³-hybridized carbons (Fsp3) is 0.538. The second kappa shape index (κ2) is 5.18. The Bertz CT molecular complexity index is 417. The molecule has 2 rings (SSSR count). The third kappa shape index (κ3) is 3.38. The lowest BCUT2D eigenvalue weighted by atomic mass is 9.88. The number of hydrogen-bond acceptors (Lipinski definition) is 2. The molecule has 1 aromatic rings. The molecule has 0 fully saturated rings. The van der Waals surface area contributed by atoms with E-state index in [4.69, 9.17) is 10.5 Å². The first-order valence-electron chi connectivity index (χ1n) is 6.04. The number of hydrogen-bond donors (Lipinski definition) is 1. The number of nitrogens with two attached hydrogens (primary N) is 1. The molecule has 0 heterocycles.